The topological polar surface area (TPSA) is 65.0 Å². The molecule has 0 spiro atoms. The van der Waals surface area contributed by atoms with E-state index in [1.54, 1.807) is 24.1 Å². The molecule has 2 aromatic carbocycles. The Morgan fingerprint density at radius 2 is 1.74 bits per heavy atom. The van der Waals surface area contributed by atoms with Crippen molar-refractivity contribution >= 4 is 23.3 Å². The SMILES string of the molecule is COc1ccc(NC(=O)N2CCC(O)(c3ccc(Cl)cc3)CC2)cc1C1CCN(C(C)C)CC1. The first kappa shape index (κ1) is 24.8. The van der Waals surface area contributed by atoms with Crippen molar-refractivity contribution in [1.29, 1.82) is 0 Å². The zero-order valence-electron chi connectivity index (χ0n) is 20.4. The zero-order chi connectivity index (χ0) is 24.3. The highest BCUT2D eigenvalue weighted by Gasteiger charge is 2.35. The number of anilines is 1. The number of hydrogen-bond acceptors (Lipinski definition) is 4. The van der Waals surface area contributed by atoms with Crippen molar-refractivity contribution in [3.8, 4) is 5.75 Å². The number of rotatable bonds is 5. The van der Waals surface area contributed by atoms with Crippen LogP contribution in [0.1, 0.15) is 56.6 Å². The molecule has 2 amide bonds. The molecule has 34 heavy (non-hydrogen) atoms. The third-order valence-electron chi connectivity index (χ3n) is 7.44. The van der Waals surface area contributed by atoms with Gasteiger partial charge < -0.3 is 25.0 Å². The number of methoxy groups -OCH3 is 1. The van der Waals surface area contributed by atoms with E-state index < -0.39 is 5.60 Å². The van der Waals surface area contributed by atoms with Crippen molar-refractivity contribution < 1.29 is 14.6 Å². The quantitative estimate of drug-likeness (QED) is 0.590. The highest BCUT2D eigenvalue weighted by atomic mass is 35.5. The molecule has 184 valence electrons. The lowest BCUT2D eigenvalue weighted by Crippen LogP contribution is -2.46. The van der Waals surface area contributed by atoms with E-state index in [2.05, 4.69) is 30.1 Å². The van der Waals surface area contributed by atoms with Crippen LogP contribution < -0.4 is 10.1 Å². The molecular weight excluding hydrogens is 450 g/mol. The smallest absolute Gasteiger partial charge is 0.321 e. The normalized spacial score (nSPS) is 19.3. The summed E-state index contributed by atoms with van der Waals surface area (Å²) in [6, 6.07) is 13.7. The number of benzene rings is 2. The van der Waals surface area contributed by atoms with Crippen LogP contribution in [0.15, 0.2) is 42.5 Å². The molecule has 2 aliphatic rings. The van der Waals surface area contributed by atoms with Gasteiger partial charge in [-0.3, -0.25) is 0 Å². The third-order valence-corrected chi connectivity index (χ3v) is 7.69. The van der Waals surface area contributed by atoms with Crippen LogP contribution in [0.2, 0.25) is 5.02 Å². The zero-order valence-corrected chi connectivity index (χ0v) is 21.1. The van der Waals surface area contributed by atoms with E-state index in [0.29, 0.717) is 42.9 Å². The summed E-state index contributed by atoms with van der Waals surface area (Å²) >= 11 is 5.98. The maximum absolute atomic E-state index is 13.0. The van der Waals surface area contributed by atoms with Gasteiger partial charge in [-0.15, -0.1) is 0 Å². The molecule has 0 saturated carbocycles. The van der Waals surface area contributed by atoms with Gasteiger partial charge in [0.2, 0.25) is 0 Å². The highest BCUT2D eigenvalue weighted by Crippen LogP contribution is 2.37. The molecule has 6 nitrogen and oxygen atoms in total. The average molecular weight is 486 g/mol. The van der Waals surface area contributed by atoms with Crippen molar-refractivity contribution in [2.45, 2.75) is 57.1 Å². The number of halogens is 1. The molecule has 2 fully saturated rings. The minimum atomic E-state index is -0.931. The number of urea groups is 1. The Kier molecular flexibility index (Phi) is 7.70. The minimum Gasteiger partial charge on any atom is -0.496 e. The first-order valence-electron chi connectivity index (χ1n) is 12.3. The molecule has 0 aromatic heterocycles. The summed E-state index contributed by atoms with van der Waals surface area (Å²) < 4.78 is 5.65. The largest absolute Gasteiger partial charge is 0.496 e. The highest BCUT2D eigenvalue weighted by molar-refractivity contribution is 6.30. The molecule has 2 aliphatic heterocycles. The second kappa shape index (κ2) is 10.5. The Morgan fingerprint density at radius 3 is 2.32 bits per heavy atom. The third kappa shape index (κ3) is 5.51. The lowest BCUT2D eigenvalue weighted by Gasteiger charge is -2.38. The average Bonchev–Trinajstić information content (AvgIpc) is 2.84. The Hall–Kier alpha value is -2.28. The molecule has 0 atom stereocenters. The number of likely N-dealkylation sites (tertiary alicyclic amines) is 2. The summed E-state index contributed by atoms with van der Waals surface area (Å²) in [5.41, 5.74) is 1.87. The number of amides is 2. The molecule has 0 radical (unpaired) electrons. The molecule has 0 bridgehead atoms. The van der Waals surface area contributed by atoms with Crippen molar-refractivity contribution in [2.24, 2.45) is 0 Å². The van der Waals surface area contributed by atoms with Gasteiger partial charge in [0.05, 0.1) is 12.7 Å². The van der Waals surface area contributed by atoms with E-state index in [0.717, 1.165) is 42.9 Å². The molecule has 2 aromatic rings. The number of nitrogens with one attached hydrogen (secondary N) is 1. The van der Waals surface area contributed by atoms with E-state index in [1.165, 1.54) is 5.56 Å². The van der Waals surface area contributed by atoms with Crippen molar-refractivity contribution in [3.05, 3.63) is 58.6 Å². The maximum Gasteiger partial charge on any atom is 0.321 e. The summed E-state index contributed by atoms with van der Waals surface area (Å²) in [5.74, 6) is 1.30. The fourth-order valence-corrected chi connectivity index (χ4v) is 5.32. The standard InChI is InChI=1S/C27H36ClN3O3/c1-19(2)30-14-10-20(11-15-30)24-18-23(8-9-25(24)34-3)29-26(32)31-16-12-27(33,13-17-31)21-4-6-22(28)7-5-21/h4-9,18-20,33H,10-17H2,1-3H3,(H,29,32). The summed E-state index contributed by atoms with van der Waals surface area (Å²) in [6.07, 6.45) is 3.15. The molecule has 0 unspecified atom stereocenters. The predicted octanol–water partition coefficient (Wildman–Crippen LogP) is 5.45. The van der Waals surface area contributed by atoms with Gasteiger partial charge in [0.1, 0.15) is 5.75 Å². The van der Waals surface area contributed by atoms with Gasteiger partial charge in [-0.1, -0.05) is 23.7 Å². The first-order chi connectivity index (χ1) is 16.3. The second-order valence-electron chi connectivity index (χ2n) is 9.82. The summed E-state index contributed by atoms with van der Waals surface area (Å²) in [4.78, 5) is 17.3. The van der Waals surface area contributed by atoms with Crippen molar-refractivity contribution in [2.75, 3.05) is 38.6 Å². The van der Waals surface area contributed by atoms with Crippen LogP contribution in [0.4, 0.5) is 10.5 Å². The predicted molar refractivity (Wildman–Crippen MR) is 137 cm³/mol. The number of ether oxygens (including phenoxy) is 1. The Labute approximate surface area is 207 Å². The van der Waals surface area contributed by atoms with Gasteiger partial charge >= 0.3 is 6.03 Å². The summed E-state index contributed by atoms with van der Waals surface area (Å²) in [6.45, 7) is 7.62. The van der Waals surface area contributed by atoms with Crippen LogP contribution >= 0.6 is 11.6 Å². The van der Waals surface area contributed by atoms with Gasteiger partial charge in [0.25, 0.3) is 0 Å². The van der Waals surface area contributed by atoms with Crippen LogP contribution in [-0.4, -0.2) is 60.3 Å². The van der Waals surface area contributed by atoms with Crippen LogP contribution in [0.3, 0.4) is 0 Å². The van der Waals surface area contributed by atoms with Crippen LogP contribution in [0, 0.1) is 0 Å². The number of aliphatic hydroxyl groups is 1. The molecule has 2 heterocycles. The molecule has 7 heteroatoms. The van der Waals surface area contributed by atoms with E-state index >= 15 is 0 Å². The van der Waals surface area contributed by atoms with Crippen molar-refractivity contribution in [3.63, 3.8) is 0 Å². The van der Waals surface area contributed by atoms with E-state index in [1.807, 2.05) is 24.3 Å². The fraction of sp³-hybridized carbons (Fsp3) is 0.519. The van der Waals surface area contributed by atoms with Crippen LogP contribution in [-0.2, 0) is 5.60 Å². The first-order valence-corrected chi connectivity index (χ1v) is 12.6. The lowest BCUT2D eigenvalue weighted by molar-refractivity contribution is -0.0156. The minimum absolute atomic E-state index is 0.135. The van der Waals surface area contributed by atoms with Crippen LogP contribution in [0.5, 0.6) is 5.75 Å². The molecule has 0 aliphatic carbocycles. The number of hydrogen-bond donors (Lipinski definition) is 2. The number of carbonyl (C=O) groups excluding carboxylic acids is 1. The molecule has 4 rings (SSSR count). The van der Waals surface area contributed by atoms with E-state index in [9.17, 15) is 9.90 Å². The van der Waals surface area contributed by atoms with Gasteiger partial charge in [-0.05, 0) is 100.0 Å². The number of nitrogens with zero attached hydrogens (tertiary/aromatic N) is 2. The number of carbonyl (C=O) groups is 1. The Balaban J connectivity index is 1.39. The molecule has 2 N–H and O–H groups in total. The van der Waals surface area contributed by atoms with Gasteiger partial charge in [0.15, 0.2) is 0 Å². The van der Waals surface area contributed by atoms with E-state index in [4.69, 9.17) is 16.3 Å². The molecule has 2 saturated heterocycles. The second-order valence-corrected chi connectivity index (χ2v) is 10.3. The fourth-order valence-electron chi connectivity index (χ4n) is 5.19. The van der Waals surface area contributed by atoms with E-state index in [-0.39, 0.29) is 6.03 Å². The van der Waals surface area contributed by atoms with Crippen molar-refractivity contribution in [1.82, 2.24) is 9.80 Å². The Bertz CT molecular complexity index is 979. The lowest BCUT2D eigenvalue weighted by atomic mass is 9.84. The van der Waals surface area contributed by atoms with Crippen LogP contribution in [0.25, 0.3) is 0 Å². The summed E-state index contributed by atoms with van der Waals surface area (Å²) in [7, 11) is 1.70. The summed E-state index contributed by atoms with van der Waals surface area (Å²) in [5, 5.41) is 14.8. The molecular formula is C27H36ClN3O3. The maximum atomic E-state index is 13.0. The number of piperidine rings is 2. The Morgan fingerprint density at radius 1 is 1.09 bits per heavy atom. The van der Waals surface area contributed by atoms with Gasteiger partial charge in [0, 0.05) is 29.8 Å². The monoisotopic (exact) mass is 485 g/mol. The van der Waals surface area contributed by atoms with Gasteiger partial charge in [-0.25, -0.2) is 4.79 Å². The van der Waals surface area contributed by atoms with Gasteiger partial charge in [-0.2, -0.15) is 0 Å².